The van der Waals surface area contributed by atoms with Crippen LogP contribution in [-0.4, -0.2) is 17.5 Å². The maximum absolute atomic E-state index is 12.6. The fourth-order valence-electron chi connectivity index (χ4n) is 2.45. The number of carbonyl (C=O) groups is 1. The van der Waals surface area contributed by atoms with E-state index in [4.69, 9.17) is 9.47 Å². The van der Waals surface area contributed by atoms with E-state index in [9.17, 15) is 4.79 Å². The lowest BCUT2D eigenvalue weighted by atomic mass is 10.2. The van der Waals surface area contributed by atoms with Gasteiger partial charge in [-0.15, -0.1) is 0 Å². The molecule has 1 N–H and O–H groups in total. The molecule has 5 heteroatoms. The summed E-state index contributed by atoms with van der Waals surface area (Å²) in [6.45, 7) is 2.76. The molecule has 1 aromatic heterocycles. The van der Waals surface area contributed by atoms with E-state index in [2.05, 4.69) is 10.3 Å². The van der Waals surface area contributed by atoms with Gasteiger partial charge in [0.2, 0.25) is 0 Å². The topological polar surface area (TPSA) is 60.5 Å². The van der Waals surface area contributed by atoms with E-state index in [1.165, 1.54) is 0 Å². The molecule has 5 nitrogen and oxygen atoms in total. The molecular weight excluding hydrogens is 328 g/mol. The molecule has 0 atom stereocenters. The van der Waals surface area contributed by atoms with E-state index in [1.807, 2.05) is 43.3 Å². The second kappa shape index (κ2) is 8.67. The van der Waals surface area contributed by atoms with Crippen molar-refractivity contribution in [2.75, 3.05) is 11.9 Å². The minimum Gasteiger partial charge on any atom is -0.493 e. The summed E-state index contributed by atoms with van der Waals surface area (Å²) in [5.41, 5.74) is 1.49. The van der Waals surface area contributed by atoms with Crippen LogP contribution in [-0.2, 0) is 6.61 Å². The Morgan fingerprint density at radius 3 is 2.46 bits per heavy atom. The van der Waals surface area contributed by atoms with Crippen molar-refractivity contribution in [1.82, 2.24) is 4.98 Å². The molecule has 0 spiro atoms. The number of ether oxygens (including phenoxy) is 2. The first-order valence-electron chi connectivity index (χ1n) is 8.43. The Balaban J connectivity index is 1.75. The van der Waals surface area contributed by atoms with Gasteiger partial charge in [-0.1, -0.05) is 42.5 Å². The van der Waals surface area contributed by atoms with Crippen LogP contribution in [0, 0.1) is 0 Å². The van der Waals surface area contributed by atoms with Crippen LogP contribution in [0.2, 0.25) is 0 Å². The SMILES string of the molecule is CCOc1ccccc1C(=O)Nc1ncccc1OCc1ccccc1. The lowest BCUT2D eigenvalue weighted by molar-refractivity contribution is 0.102. The molecule has 132 valence electrons. The maximum atomic E-state index is 12.6. The van der Waals surface area contributed by atoms with Crippen LogP contribution < -0.4 is 14.8 Å². The quantitative estimate of drug-likeness (QED) is 0.691. The van der Waals surface area contributed by atoms with Crippen LogP contribution in [0.25, 0.3) is 0 Å². The first-order chi connectivity index (χ1) is 12.8. The highest BCUT2D eigenvalue weighted by Crippen LogP contribution is 2.25. The fraction of sp³-hybridized carbons (Fsp3) is 0.143. The van der Waals surface area contributed by atoms with Gasteiger partial charge in [0.1, 0.15) is 12.4 Å². The standard InChI is InChI=1S/C21H20N2O3/c1-2-25-18-12-7-6-11-17(18)21(24)23-20-19(13-8-14-22-20)26-15-16-9-4-3-5-10-16/h3-14H,2,15H2,1H3,(H,22,23,24). The normalized spacial score (nSPS) is 10.2. The summed E-state index contributed by atoms with van der Waals surface area (Å²) in [6.07, 6.45) is 1.61. The van der Waals surface area contributed by atoms with Gasteiger partial charge >= 0.3 is 0 Å². The number of hydrogen-bond donors (Lipinski definition) is 1. The molecule has 1 amide bonds. The Kier molecular flexibility index (Phi) is 5.83. The third-order valence-electron chi connectivity index (χ3n) is 3.67. The van der Waals surface area contributed by atoms with E-state index in [0.717, 1.165) is 5.56 Å². The van der Waals surface area contributed by atoms with Crippen molar-refractivity contribution in [3.8, 4) is 11.5 Å². The average Bonchev–Trinajstić information content (AvgIpc) is 2.69. The third kappa shape index (κ3) is 4.39. The Hall–Kier alpha value is -3.34. The summed E-state index contributed by atoms with van der Waals surface area (Å²) in [5.74, 6) is 1.13. The smallest absolute Gasteiger partial charge is 0.260 e. The molecule has 2 aromatic carbocycles. The number of carbonyl (C=O) groups excluding carboxylic acids is 1. The zero-order valence-corrected chi connectivity index (χ0v) is 14.5. The van der Waals surface area contributed by atoms with Gasteiger partial charge in [0.15, 0.2) is 11.6 Å². The molecule has 0 fully saturated rings. The number of anilines is 1. The number of pyridine rings is 1. The Bertz CT molecular complexity index is 866. The summed E-state index contributed by atoms with van der Waals surface area (Å²) in [6, 6.07) is 20.5. The van der Waals surface area contributed by atoms with Crippen LogP contribution in [0.3, 0.4) is 0 Å². The lowest BCUT2D eigenvalue weighted by Gasteiger charge is -2.13. The highest BCUT2D eigenvalue weighted by atomic mass is 16.5. The Morgan fingerprint density at radius 1 is 0.923 bits per heavy atom. The molecule has 0 saturated heterocycles. The van der Waals surface area contributed by atoms with Gasteiger partial charge in [-0.2, -0.15) is 0 Å². The van der Waals surface area contributed by atoms with E-state index < -0.39 is 0 Å². The van der Waals surface area contributed by atoms with E-state index >= 15 is 0 Å². The number of nitrogens with zero attached hydrogens (tertiary/aromatic N) is 1. The average molecular weight is 348 g/mol. The molecular formula is C21H20N2O3. The first-order valence-corrected chi connectivity index (χ1v) is 8.43. The lowest BCUT2D eigenvalue weighted by Crippen LogP contribution is -2.15. The molecule has 0 radical (unpaired) electrons. The molecule has 0 aliphatic heterocycles. The minimum atomic E-state index is -0.294. The number of nitrogens with one attached hydrogen (secondary N) is 1. The van der Waals surface area contributed by atoms with Crippen molar-refractivity contribution in [2.24, 2.45) is 0 Å². The number of benzene rings is 2. The Labute approximate surface area is 152 Å². The second-order valence-corrected chi connectivity index (χ2v) is 5.51. The van der Waals surface area contributed by atoms with E-state index in [0.29, 0.717) is 36.1 Å². The van der Waals surface area contributed by atoms with Crippen molar-refractivity contribution in [3.63, 3.8) is 0 Å². The molecule has 26 heavy (non-hydrogen) atoms. The number of amides is 1. The van der Waals surface area contributed by atoms with Gasteiger partial charge in [-0.05, 0) is 36.8 Å². The second-order valence-electron chi connectivity index (χ2n) is 5.51. The zero-order chi connectivity index (χ0) is 18.2. The van der Waals surface area contributed by atoms with E-state index in [1.54, 1.807) is 36.5 Å². The predicted molar refractivity (Wildman–Crippen MR) is 101 cm³/mol. The molecule has 0 unspecified atom stereocenters. The summed E-state index contributed by atoms with van der Waals surface area (Å²) in [7, 11) is 0. The molecule has 3 aromatic rings. The van der Waals surface area contributed by atoms with Crippen LogP contribution in [0.15, 0.2) is 72.9 Å². The minimum absolute atomic E-state index is 0.294. The number of aromatic nitrogens is 1. The maximum Gasteiger partial charge on any atom is 0.260 e. The van der Waals surface area contributed by atoms with Crippen molar-refractivity contribution < 1.29 is 14.3 Å². The summed E-state index contributed by atoms with van der Waals surface area (Å²) in [5, 5.41) is 2.81. The van der Waals surface area contributed by atoms with Crippen LogP contribution in [0.4, 0.5) is 5.82 Å². The number of hydrogen-bond acceptors (Lipinski definition) is 4. The van der Waals surface area contributed by atoms with Crippen LogP contribution in [0.1, 0.15) is 22.8 Å². The van der Waals surface area contributed by atoms with Crippen LogP contribution >= 0.6 is 0 Å². The predicted octanol–water partition coefficient (Wildman–Crippen LogP) is 4.31. The van der Waals surface area contributed by atoms with E-state index in [-0.39, 0.29) is 5.91 Å². The van der Waals surface area contributed by atoms with Gasteiger partial charge in [0, 0.05) is 6.20 Å². The monoisotopic (exact) mass is 348 g/mol. The molecule has 0 aliphatic rings. The van der Waals surface area contributed by atoms with Crippen LogP contribution in [0.5, 0.6) is 11.5 Å². The van der Waals surface area contributed by atoms with Gasteiger partial charge < -0.3 is 14.8 Å². The largest absolute Gasteiger partial charge is 0.493 e. The highest BCUT2D eigenvalue weighted by molar-refractivity contribution is 6.06. The van der Waals surface area contributed by atoms with Gasteiger partial charge in [0.05, 0.1) is 12.2 Å². The van der Waals surface area contributed by atoms with Crippen molar-refractivity contribution in [1.29, 1.82) is 0 Å². The first kappa shape index (κ1) is 17.5. The summed E-state index contributed by atoms with van der Waals surface area (Å²) in [4.78, 5) is 16.9. The van der Waals surface area contributed by atoms with Crippen molar-refractivity contribution in [3.05, 3.63) is 84.1 Å². The fourth-order valence-corrected chi connectivity index (χ4v) is 2.45. The van der Waals surface area contributed by atoms with Gasteiger partial charge in [-0.3, -0.25) is 4.79 Å². The highest BCUT2D eigenvalue weighted by Gasteiger charge is 2.15. The molecule has 0 aliphatic carbocycles. The van der Waals surface area contributed by atoms with Gasteiger partial charge in [0.25, 0.3) is 5.91 Å². The van der Waals surface area contributed by atoms with Gasteiger partial charge in [-0.25, -0.2) is 4.98 Å². The molecule has 1 heterocycles. The van der Waals surface area contributed by atoms with Crippen molar-refractivity contribution in [2.45, 2.75) is 13.5 Å². The third-order valence-corrected chi connectivity index (χ3v) is 3.67. The van der Waals surface area contributed by atoms with Crippen molar-refractivity contribution >= 4 is 11.7 Å². The number of para-hydroxylation sites is 1. The molecule has 0 bridgehead atoms. The number of rotatable bonds is 7. The summed E-state index contributed by atoms with van der Waals surface area (Å²) < 4.78 is 11.3. The zero-order valence-electron chi connectivity index (χ0n) is 14.5. The molecule has 0 saturated carbocycles. The molecule has 3 rings (SSSR count). The Morgan fingerprint density at radius 2 is 1.65 bits per heavy atom. The summed E-state index contributed by atoms with van der Waals surface area (Å²) >= 11 is 0.